The molecule has 0 unspecified atom stereocenters. The van der Waals surface area contributed by atoms with Gasteiger partial charge in [-0.15, -0.1) is 5.75 Å². The SMILES string of the molecule is Cc1cc(Br)cc(C)c1OCC(=O)N/N=C\c1cc([O-])ccc1[N+](=O)[O-]. The van der Waals surface area contributed by atoms with Crippen molar-refractivity contribution in [3.8, 4) is 11.5 Å². The van der Waals surface area contributed by atoms with E-state index in [9.17, 15) is 20.0 Å². The normalized spacial score (nSPS) is 10.7. The number of nitro groups is 1. The highest BCUT2D eigenvalue weighted by Crippen LogP contribution is 2.27. The summed E-state index contributed by atoms with van der Waals surface area (Å²) in [5.74, 6) is -0.334. The maximum absolute atomic E-state index is 11.8. The van der Waals surface area contributed by atoms with Gasteiger partial charge in [0.15, 0.2) is 6.61 Å². The quantitative estimate of drug-likeness (QED) is 0.437. The van der Waals surface area contributed by atoms with Crippen LogP contribution in [-0.4, -0.2) is 23.7 Å². The molecule has 0 saturated carbocycles. The minimum absolute atomic E-state index is 0.00307. The van der Waals surface area contributed by atoms with Crippen LogP contribution in [0.25, 0.3) is 0 Å². The van der Waals surface area contributed by atoms with Gasteiger partial charge in [0.25, 0.3) is 11.6 Å². The Hall–Kier alpha value is -2.94. The van der Waals surface area contributed by atoms with Crippen molar-refractivity contribution < 1.29 is 19.6 Å². The van der Waals surface area contributed by atoms with Crippen molar-refractivity contribution in [3.63, 3.8) is 0 Å². The molecular formula is C17H15BrN3O5-. The molecule has 8 nitrogen and oxygen atoms in total. The van der Waals surface area contributed by atoms with Crippen molar-refractivity contribution in [2.24, 2.45) is 5.10 Å². The molecule has 0 heterocycles. The molecule has 0 bridgehead atoms. The summed E-state index contributed by atoms with van der Waals surface area (Å²) < 4.78 is 6.42. The van der Waals surface area contributed by atoms with Gasteiger partial charge in [-0.05, 0) is 37.1 Å². The van der Waals surface area contributed by atoms with Gasteiger partial charge in [0, 0.05) is 10.5 Å². The van der Waals surface area contributed by atoms with Gasteiger partial charge in [-0.3, -0.25) is 14.9 Å². The molecule has 2 aromatic rings. The van der Waals surface area contributed by atoms with E-state index in [1.165, 1.54) is 0 Å². The molecule has 0 atom stereocenters. The fraction of sp³-hybridized carbons (Fsp3) is 0.176. The summed E-state index contributed by atoms with van der Waals surface area (Å²) in [4.78, 5) is 22.1. The number of ether oxygens (including phenoxy) is 1. The minimum Gasteiger partial charge on any atom is -0.872 e. The lowest BCUT2D eigenvalue weighted by Crippen LogP contribution is -2.25. The number of nitro benzene ring substituents is 1. The van der Waals surface area contributed by atoms with Crippen LogP contribution in [0.5, 0.6) is 11.5 Å². The molecule has 1 amide bonds. The average Bonchev–Trinajstić information content (AvgIpc) is 2.53. The summed E-state index contributed by atoms with van der Waals surface area (Å²) in [6.45, 7) is 3.45. The van der Waals surface area contributed by atoms with E-state index in [0.717, 1.165) is 40.0 Å². The molecular weight excluding hydrogens is 406 g/mol. The molecule has 0 spiro atoms. The molecule has 0 fully saturated rings. The second-order valence-corrected chi connectivity index (χ2v) is 6.34. The average molecular weight is 421 g/mol. The third-order valence-corrected chi connectivity index (χ3v) is 3.82. The number of hydrogen-bond acceptors (Lipinski definition) is 6. The number of carbonyl (C=O) groups is 1. The van der Waals surface area contributed by atoms with E-state index in [0.29, 0.717) is 5.75 Å². The first kappa shape index (κ1) is 19.4. The van der Waals surface area contributed by atoms with Crippen LogP contribution in [0.4, 0.5) is 5.69 Å². The molecule has 0 aromatic heterocycles. The van der Waals surface area contributed by atoms with Crippen LogP contribution in [0.2, 0.25) is 0 Å². The van der Waals surface area contributed by atoms with E-state index in [-0.39, 0.29) is 17.9 Å². The summed E-state index contributed by atoms with van der Waals surface area (Å²) in [5.41, 5.74) is 3.68. The first-order chi connectivity index (χ1) is 12.3. The van der Waals surface area contributed by atoms with E-state index >= 15 is 0 Å². The molecule has 0 saturated heterocycles. The van der Waals surface area contributed by atoms with Crippen LogP contribution in [-0.2, 0) is 4.79 Å². The predicted octanol–water partition coefficient (Wildman–Crippen LogP) is 2.58. The van der Waals surface area contributed by atoms with Crippen molar-refractivity contribution in [3.05, 3.63) is 61.6 Å². The summed E-state index contributed by atoms with van der Waals surface area (Å²) >= 11 is 3.38. The van der Waals surface area contributed by atoms with Gasteiger partial charge in [-0.25, -0.2) is 5.43 Å². The van der Waals surface area contributed by atoms with Crippen molar-refractivity contribution in [2.75, 3.05) is 6.61 Å². The zero-order chi connectivity index (χ0) is 19.3. The van der Waals surface area contributed by atoms with Crippen LogP contribution in [0, 0.1) is 24.0 Å². The molecule has 0 aliphatic carbocycles. The lowest BCUT2D eigenvalue weighted by molar-refractivity contribution is -0.385. The van der Waals surface area contributed by atoms with Crippen molar-refractivity contribution in [1.29, 1.82) is 0 Å². The maximum Gasteiger partial charge on any atom is 0.278 e. The van der Waals surface area contributed by atoms with E-state index in [1.54, 1.807) is 0 Å². The molecule has 1 N–H and O–H groups in total. The lowest BCUT2D eigenvalue weighted by Gasteiger charge is -2.11. The molecule has 136 valence electrons. The molecule has 0 radical (unpaired) electrons. The largest absolute Gasteiger partial charge is 0.872 e. The molecule has 2 aromatic carbocycles. The number of nitrogens with zero attached hydrogens (tertiary/aromatic N) is 2. The van der Waals surface area contributed by atoms with Crippen LogP contribution in [0.15, 0.2) is 39.9 Å². The standard InChI is InChI=1S/C17H16BrN3O5/c1-10-5-13(18)6-11(2)17(10)26-9-16(23)20-19-8-12-7-14(22)3-4-15(12)21(24)25/h3-8,22H,9H2,1-2H3,(H,20,23)/p-1/b19-8-. The number of rotatable bonds is 6. The summed E-state index contributed by atoms with van der Waals surface area (Å²) in [5, 5.41) is 25.9. The van der Waals surface area contributed by atoms with Crippen molar-refractivity contribution in [2.45, 2.75) is 13.8 Å². The highest BCUT2D eigenvalue weighted by molar-refractivity contribution is 9.10. The molecule has 0 aliphatic rings. The summed E-state index contributed by atoms with van der Waals surface area (Å²) in [6.07, 6.45) is 1.05. The highest BCUT2D eigenvalue weighted by Gasteiger charge is 2.11. The van der Waals surface area contributed by atoms with Gasteiger partial charge in [-0.2, -0.15) is 5.10 Å². The van der Waals surface area contributed by atoms with Crippen LogP contribution >= 0.6 is 15.9 Å². The molecule has 2 rings (SSSR count). The number of benzene rings is 2. The summed E-state index contributed by atoms with van der Waals surface area (Å²) in [7, 11) is 0. The maximum atomic E-state index is 11.8. The lowest BCUT2D eigenvalue weighted by atomic mass is 10.1. The van der Waals surface area contributed by atoms with Gasteiger partial charge in [0.2, 0.25) is 0 Å². The van der Waals surface area contributed by atoms with Crippen LogP contribution in [0.3, 0.4) is 0 Å². The van der Waals surface area contributed by atoms with Crippen LogP contribution in [0.1, 0.15) is 16.7 Å². The number of carbonyl (C=O) groups excluding carboxylic acids is 1. The molecule has 9 heteroatoms. The minimum atomic E-state index is -0.634. The Labute approximate surface area is 157 Å². The number of nitrogens with one attached hydrogen (secondary N) is 1. The van der Waals surface area contributed by atoms with Gasteiger partial charge >= 0.3 is 0 Å². The van der Waals surface area contributed by atoms with Crippen molar-refractivity contribution >= 4 is 33.7 Å². The first-order valence-corrected chi connectivity index (χ1v) is 8.24. The zero-order valence-corrected chi connectivity index (χ0v) is 15.6. The third kappa shape index (κ3) is 5.03. The fourth-order valence-electron chi connectivity index (χ4n) is 2.27. The predicted molar refractivity (Wildman–Crippen MR) is 97.4 cm³/mol. The third-order valence-electron chi connectivity index (χ3n) is 3.36. The summed E-state index contributed by atoms with van der Waals surface area (Å²) in [6, 6.07) is 6.98. The second-order valence-electron chi connectivity index (χ2n) is 5.43. The highest BCUT2D eigenvalue weighted by atomic mass is 79.9. The Balaban J connectivity index is 1.99. The Bertz CT molecular complexity index is 860. The van der Waals surface area contributed by atoms with Gasteiger partial charge < -0.3 is 9.84 Å². The zero-order valence-electron chi connectivity index (χ0n) is 14.0. The van der Waals surface area contributed by atoms with E-state index in [2.05, 4.69) is 26.5 Å². The Kier molecular flexibility index (Phi) is 6.29. The van der Waals surface area contributed by atoms with Gasteiger partial charge in [0.1, 0.15) is 5.75 Å². The Morgan fingerprint density at radius 2 is 1.96 bits per heavy atom. The van der Waals surface area contributed by atoms with Crippen LogP contribution < -0.4 is 15.3 Å². The van der Waals surface area contributed by atoms with Crippen molar-refractivity contribution in [1.82, 2.24) is 5.43 Å². The van der Waals surface area contributed by atoms with Gasteiger partial charge in [0.05, 0.1) is 16.7 Å². The van der Waals surface area contributed by atoms with E-state index < -0.39 is 16.6 Å². The smallest absolute Gasteiger partial charge is 0.278 e. The Morgan fingerprint density at radius 3 is 2.58 bits per heavy atom. The monoisotopic (exact) mass is 420 g/mol. The number of aryl methyl sites for hydroxylation is 2. The number of halogens is 1. The van der Waals surface area contributed by atoms with E-state index in [1.807, 2.05) is 26.0 Å². The molecule has 0 aliphatic heterocycles. The number of hydrazone groups is 1. The molecule has 26 heavy (non-hydrogen) atoms. The number of amides is 1. The topological polar surface area (TPSA) is 117 Å². The van der Waals surface area contributed by atoms with Gasteiger partial charge in [-0.1, -0.05) is 28.1 Å². The van der Waals surface area contributed by atoms with E-state index in [4.69, 9.17) is 4.74 Å². The first-order valence-electron chi connectivity index (χ1n) is 7.45. The number of hydrogen-bond donors (Lipinski definition) is 1. The fourth-order valence-corrected chi connectivity index (χ4v) is 2.96. The second kappa shape index (κ2) is 8.43. The Morgan fingerprint density at radius 1 is 1.31 bits per heavy atom.